The summed E-state index contributed by atoms with van der Waals surface area (Å²) in [6.45, 7) is 10.7. The van der Waals surface area contributed by atoms with Crippen LogP contribution in [0.5, 0.6) is 0 Å². The fourth-order valence-electron chi connectivity index (χ4n) is 5.92. The van der Waals surface area contributed by atoms with Crippen LogP contribution in [-0.2, 0) is 16.8 Å². The molecular weight excluding hydrogens is 592 g/mol. The number of hydrogen-bond acceptors (Lipinski definition) is 4. The van der Waals surface area contributed by atoms with E-state index in [1.165, 1.54) is 12.1 Å². The van der Waals surface area contributed by atoms with Crippen molar-refractivity contribution in [2.45, 2.75) is 88.7 Å². The number of fused-ring (bicyclic) bond motifs is 3. The van der Waals surface area contributed by atoms with Crippen molar-refractivity contribution >= 4 is 36.5 Å². The van der Waals surface area contributed by atoms with Crippen molar-refractivity contribution in [1.82, 2.24) is 4.98 Å². The van der Waals surface area contributed by atoms with E-state index in [9.17, 15) is 35.9 Å². The smallest absolute Gasteiger partial charge is 0.412 e. The molecule has 6 nitrogen and oxygen atoms in total. The van der Waals surface area contributed by atoms with Gasteiger partial charge in [-0.25, -0.2) is 0 Å². The van der Waals surface area contributed by atoms with Crippen LogP contribution in [0.4, 0.5) is 37.7 Å². The molecule has 2 fully saturated rings. The van der Waals surface area contributed by atoms with E-state index in [-0.39, 0.29) is 28.7 Å². The normalized spacial score (nSPS) is 21.1. The van der Waals surface area contributed by atoms with Crippen LogP contribution in [0, 0.1) is 0 Å². The monoisotopic (exact) mass is 625 g/mol. The molecule has 3 heterocycles. The van der Waals surface area contributed by atoms with Crippen LogP contribution in [0.2, 0.25) is 18.1 Å². The molecule has 2 bridgehead atoms. The van der Waals surface area contributed by atoms with Gasteiger partial charge in [0, 0.05) is 23.4 Å². The van der Waals surface area contributed by atoms with Gasteiger partial charge in [-0.15, -0.1) is 0 Å². The van der Waals surface area contributed by atoms with Crippen molar-refractivity contribution in [3.63, 3.8) is 0 Å². The van der Waals surface area contributed by atoms with Gasteiger partial charge in [0.1, 0.15) is 5.56 Å². The molecule has 2 aliphatic rings. The summed E-state index contributed by atoms with van der Waals surface area (Å²) in [6.07, 6.45) is -6.64. The Balaban J connectivity index is 1.46. The van der Waals surface area contributed by atoms with Gasteiger partial charge in [0.15, 0.2) is 8.32 Å². The summed E-state index contributed by atoms with van der Waals surface area (Å²) in [7, 11) is -2.12. The summed E-state index contributed by atoms with van der Waals surface area (Å²) in [5.74, 6) is -1.26. The maximum absolute atomic E-state index is 14.3. The quantitative estimate of drug-likeness (QED) is 0.223. The third kappa shape index (κ3) is 5.68. The zero-order valence-corrected chi connectivity index (χ0v) is 25.3. The Morgan fingerprint density at radius 1 is 1.00 bits per heavy atom. The second kappa shape index (κ2) is 10.4. The van der Waals surface area contributed by atoms with Gasteiger partial charge in [-0.2, -0.15) is 26.3 Å². The topological polar surface area (TPSA) is 74.4 Å². The van der Waals surface area contributed by atoms with Crippen molar-refractivity contribution in [3.8, 4) is 0 Å². The lowest BCUT2D eigenvalue weighted by atomic mass is 9.98. The predicted octanol–water partition coefficient (Wildman–Crippen LogP) is 7.95. The zero-order chi connectivity index (χ0) is 31.7. The SMILES string of the molecule is CC(C)(C)[Si](C)(C)O[C@H]1CC2CCC1N2c1ccc(NC(=O)c2c[nH]c3cccc(C(F)(F)F)c3c2=O)c(C(F)(F)F)c1. The standard InChI is InChI=1S/C30H33F6N3O3Si/c1-28(2,3)43(4,5)42-24-14-17-10-12-23(24)39(17)16-9-11-21(20(13-16)30(34,35)36)38-27(41)18-15-37-22-8-6-7-19(29(31,32)33)25(22)26(18)40/h6-9,11,13,15,17,23-24H,10,12,14H2,1-5H3,(H,37,40)(H,38,41)/t17?,23?,24-/m0/s1. The van der Waals surface area contributed by atoms with Gasteiger partial charge in [0.05, 0.1) is 34.3 Å². The van der Waals surface area contributed by atoms with E-state index >= 15 is 0 Å². The van der Waals surface area contributed by atoms with E-state index in [0.717, 1.165) is 37.2 Å². The van der Waals surface area contributed by atoms with Crippen LogP contribution in [0.3, 0.4) is 0 Å². The number of aromatic amines is 1. The van der Waals surface area contributed by atoms with Gasteiger partial charge >= 0.3 is 12.4 Å². The molecule has 0 radical (unpaired) electrons. The van der Waals surface area contributed by atoms with Gasteiger partial charge in [-0.3, -0.25) is 9.59 Å². The average molecular weight is 626 g/mol. The molecule has 0 aliphatic carbocycles. The maximum Gasteiger partial charge on any atom is 0.418 e. The van der Waals surface area contributed by atoms with Crippen LogP contribution >= 0.6 is 0 Å². The van der Waals surface area contributed by atoms with Crippen LogP contribution in [0.1, 0.15) is 61.5 Å². The Morgan fingerprint density at radius 3 is 2.30 bits per heavy atom. The van der Waals surface area contributed by atoms with Gasteiger partial charge in [-0.1, -0.05) is 26.8 Å². The molecule has 0 spiro atoms. The lowest BCUT2D eigenvalue weighted by molar-refractivity contribution is -0.137. The van der Waals surface area contributed by atoms with Gasteiger partial charge < -0.3 is 19.6 Å². The second-order valence-electron chi connectivity index (χ2n) is 12.8. The average Bonchev–Trinajstić information content (AvgIpc) is 3.44. The molecule has 2 unspecified atom stereocenters. The number of carbonyl (C=O) groups excluding carboxylic acids is 1. The number of anilines is 2. The third-order valence-electron chi connectivity index (χ3n) is 9.05. The van der Waals surface area contributed by atoms with Crippen LogP contribution in [-0.4, -0.2) is 37.4 Å². The summed E-state index contributed by atoms with van der Waals surface area (Å²) in [4.78, 5) is 30.5. The lowest BCUT2D eigenvalue weighted by Gasteiger charge is -2.40. The predicted molar refractivity (Wildman–Crippen MR) is 155 cm³/mol. The number of halogens is 6. The molecule has 3 atom stereocenters. The summed E-state index contributed by atoms with van der Waals surface area (Å²) >= 11 is 0. The first kappa shape index (κ1) is 31.1. The highest BCUT2D eigenvalue weighted by molar-refractivity contribution is 6.74. The Bertz CT molecular complexity index is 1630. The van der Waals surface area contributed by atoms with Crippen LogP contribution in [0.25, 0.3) is 10.9 Å². The van der Waals surface area contributed by atoms with E-state index in [0.29, 0.717) is 18.2 Å². The van der Waals surface area contributed by atoms with E-state index < -0.39 is 59.8 Å². The van der Waals surface area contributed by atoms with E-state index in [1.54, 1.807) is 0 Å². The van der Waals surface area contributed by atoms with Gasteiger partial charge in [0.2, 0.25) is 5.43 Å². The highest BCUT2D eigenvalue weighted by Gasteiger charge is 2.51. The van der Waals surface area contributed by atoms with Crippen molar-refractivity contribution in [3.05, 3.63) is 69.5 Å². The van der Waals surface area contributed by atoms with Gasteiger partial charge in [0.25, 0.3) is 5.91 Å². The van der Waals surface area contributed by atoms with E-state index in [1.807, 2.05) is 4.90 Å². The number of nitrogens with zero attached hydrogens (tertiary/aromatic N) is 1. The summed E-state index contributed by atoms with van der Waals surface area (Å²) in [5, 5.41) is 1.32. The summed E-state index contributed by atoms with van der Waals surface area (Å²) in [5.41, 5.74) is -4.79. The number of alkyl halides is 6. The van der Waals surface area contributed by atoms with Crippen molar-refractivity contribution in [2.75, 3.05) is 10.2 Å². The van der Waals surface area contributed by atoms with Crippen LogP contribution < -0.4 is 15.6 Å². The number of rotatable bonds is 5. The van der Waals surface area contributed by atoms with Crippen molar-refractivity contribution in [2.24, 2.45) is 0 Å². The molecule has 2 N–H and O–H groups in total. The molecule has 2 aliphatic heterocycles. The molecule has 3 aromatic rings. The number of benzene rings is 2. The Kier molecular flexibility index (Phi) is 7.52. The molecule has 2 saturated heterocycles. The van der Waals surface area contributed by atoms with Crippen molar-refractivity contribution < 1.29 is 35.6 Å². The molecular formula is C30H33F6N3O3Si. The minimum Gasteiger partial charge on any atom is -0.412 e. The minimum absolute atomic E-state index is 0.0141. The number of H-pyrrole nitrogens is 1. The first-order valence-electron chi connectivity index (χ1n) is 14.0. The molecule has 232 valence electrons. The first-order valence-corrected chi connectivity index (χ1v) is 16.9. The van der Waals surface area contributed by atoms with Crippen molar-refractivity contribution in [1.29, 1.82) is 0 Å². The number of pyridine rings is 1. The maximum atomic E-state index is 14.3. The largest absolute Gasteiger partial charge is 0.418 e. The molecule has 0 saturated carbocycles. The Labute approximate surface area is 245 Å². The molecule has 2 aromatic carbocycles. The molecule has 43 heavy (non-hydrogen) atoms. The Hall–Kier alpha value is -3.32. The summed E-state index contributed by atoms with van der Waals surface area (Å²) in [6, 6.07) is 6.55. The lowest BCUT2D eigenvalue weighted by Crippen LogP contribution is -2.47. The van der Waals surface area contributed by atoms with E-state index in [2.05, 4.69) is 44.2 Å². The summed E-state index contributed by atoms with van der Waals surface area (Å²) < 4.78 is 90.2. The van der Waals surface area contributed by atoms with Crippen LogP contribution in [0.15, 0.2) is 47.4 Å². The molecule has 1 amide bonds. The van der Waals surface area contributed by atoms with E-state index in [4.69, 9.17) is 4.43 Å². The number of nitrogens with one attached hydrogen (secondary N) is 2. The third-order valence-corrected chi connectivity index (χ3v) is 13.5. The minimum atomic E-state index is -4.88. The number of aromatic nitrogens is 1. The number of amides is 1. The fourth-order valence-corrected chi connectivity index (χ4v) is 7.28. The number of hydrogen-bond donors (Lipinski definition) is 2. The molecule has 13 heteroatoms. The van der Waals surface area contributed by atoms with Gasteiger partial charge in [-0.05, 0) is 67.7 Å². The second-order valence-corrected chi connectivity index (χ2v) is 17.6. The number of carbonyl (C=O) groups is 1. The zero-order valence-electron chi connectivity index (χ0n) is 24.3. The molecule has 5 rings (SSSR count). The highest BCUT2D eigenvalue weighted by Crippen LogP contribution is 2.48. The Morgan fingerprint density at radius 2 is 1.67 bits per heavy atom. The fraction of sp³-hybridized carbons (Fsp3) is 0.467. The first-order chi connectivity index (χ1) is 19.8. The molecule has 1 aromatic heterocycles. The highest BCUT2D eigenvalue weighted by atomic mass is 28.4.